The number of hydrogen-bond acceptors (Lipinski definition) is 4. The van der Waals surface area contributed by atoms with Crippen molar-refractivity contribution in [3.63, 3.8) is 0 Å². The molecule has 0 aliphatic heterocycles. The molecule has 0 saturated heterocycles. The predicted molar refractivity (Wildman–Crippen MR) is 73.2 cm³/mol. The Balaban J connectivity index is 2.43. The van der Waals surface area contributed by atoms with Crippen molar-refractivity contribution in [1.82, 2.24) is 9.78 Å². The molecular formula is C13H12N2O3S. The van der Waals surface area contributed by atoms with Crippen molar-refractivity contribution in [2.45, 2.75) is 11.9 Å². The molecule has 19 heavy (non-hydrogen) atoms. The number of carboxylic acid groups (broad SMARTS) is 1. The summed E-state index contributed by atoms with van der Waals surface area (Å²) in [6.45, 7) is 2.00. The summed E-state index contributed by atoms with van der Waals surface area (Å²) >= 11 is 1.54. The predicted octanol–water partition coefficient (Wildman–Crippen LogP) is 2.04. The highest BCUT2D eigenvalue weighted by Gasteiger charge is 2.06. The van der Waals surface area contributed by atoms with Crippen molar-refractivity contribution in [2.75, 3.05) is 5.75 Å². The molecule has 0 aliphatic rings. The Morgan fingerprint density at radius 3 is 2.53 bits per heavy atom. The van der Waals surface area contributed by atoms with E-state index >= 15 is 0 Å². The molecular weight excluding hydrogens is 264 g/mol. The van der Waals surface area contributed by atoms with Gasteiger partial charge in [0, 0.05) is 6.07 Å². The fourth-order valence-electron chi connectivity index (χ4n) is 1.55. The molecule has 5 nitrogen and oxygen atoms in total. The molecule has 0 aliphatic carbocycles. The maximum absolute atomic E-state index is 11.8. The smallest absolute Gasteiger partial charge is 0.335 e. The molecule has 0 atom stereocenters. The molecule has 0 bridgehead atoms. The fraction of sp³-hybridized carbons (Fsp3) is 0.154. The second-order valence-corrected chi connectivity index (χ2v) is 4.99. The Morgan fingerprint density at radius 1 is 1.26 bits per heavy atom. The van der Waals surface area contributed by atoms with Crippen LogP contribution in [-0.2, 0) is 0 Å². The van der Waals surface area contributed by atoms with Crippen LogP contribution < -0.4 is 5.56 Å². The zero-order valence-corrected chi connectivity index (χ0v) is 11.1. The van der Waals surface area contributed by atoms with Gasteiger partial charge in [0.25, 0.3) is 5.56 Å². The van der Waals surface area contributed by atoms with Gasteiger partial charge in [-0.2, -0.15) is 9.78 Å². The molecule has 1 aromatic heterocycles. The summed E-state index contributed by atoms with van der Waals surface area (Å²) < 4.78 is 1.27. The zero-order valence-electron chi connectivity index (χ0n) is 10.2. The van der Waals surface area contributed by atoms with Gasteiger partial charge in [0.1, 0.15) is 5.03 Å². The van der Waals surface area contributed by atoms with Crippen molar-refractivity contribution in [3.05, 3.63) is 52.3 Å². The SMILES string of the molecule is CCSc1ccc(=O)n(-c2ccc(C(=O)O)cc2)n1. The Hall–Kier alpha value is -2.08. The number of thioether (sulfide) groups is 1. The third-order valence-electron chi connectivity index (χ3n) is 2.43. The topological polar surface area (TPSA) is 72.2 Å². The van der Waals surface area contributed by atoms with Gasteiger partial charge in [-0.1, -0.05) is 6.92 Å². The number of hydrogen-bond donors (Lipinski definition) is 1. The molecule has 0 spiro atoms. The average molecular weight is 276 g/mol. The molecule has 0 amide bonds. The van der Waals surface area contributed by atoms with Gasteiger partial charge in [-0.3, -0.25) is 4.79 Å². The van der Waals surface area contributed by atoms with Crippen LogP contribution >= 0.6 is 11.8 Å². The summed E-state index contributed by atoms with van der Waals surface area (Å²) in [4.78, 5) is 22.5. The number of aromatic nitrogens is 2. The van der Waals surface area contributed by atoms with Gasteiger partial charge >= 0.3 is 5.97 Å². The van der Waals surface area contributed by atoms with Crippen molar-refractivity contribution >= 4 is 17.7 Å². The maximum Gasteiger partial charge on any atom is 0.335 e. The quantitative estimate of drug-likeness (QED) is 0.865. The molecule has 1 aromatic carbocycles. The molecule has 1 N–H and O–H groups in total. The van der Waals surface area contributed by atoms with Crippen LogP contribution in [0.15, 0.2) is 46.2 Å². The molecule has 0 saturated carbocycles. The van der Waals surface area contributed by atoms with Gasteiger partial charge in [-0.05, 0) is 36.1 Å². The summed E-state index contributed by atoms with van der Waals surface area (Å²) in [5.74, 6) is -0.134. The van der Waals surface area contributed by atoms with Gasteiger partial charge in [-0.25, -0.2) is 4.79 Å². The van der Waals surface area contributed by atoms with Gasteiger partial charge in [-0.15, -0.1) is 11.8 Å². The first-order valence-electron chi connectivity index (χ1n) is 5.68. The van der Waals surface area contributed by atoms with E-state index in [9.17, 15) is 9.59 Å². The van der Waals surface area contributed by atoms with Crippen LogP contribution in [0.5, 0.6) is 0 Å². The highest BCUT2D eigenvalue weighted by Crippen LogP contribution is 2.13. The first kappa shape index (κ1) is 13.4. The van der Waals surface area contributed by atoms with Gasteiger partial charge in [0.05, 0.1) is 11.3 Å². The lowest BCUT2D eigenvalue weighted by atomic mass is 10.2. The van der Waals surface area contributed by atoms with Crippen molar-refractivity contribution in [2.24, 2.45) is 0 Å². The Bertz CT molecular complexity index is 650. The van der Waals surface area contributed by atoms with E-state index in [4.69, 9.17) is 5.11 Å². The van der Waals surface area contributed by atoms with E-state index in [1.807, 2.05) is 6.92 Å². The van der Waals surface area contributed by atoms with E-state index in [1.54, 1.807) is 18.2 Å². The van der Waals surface area contributed by atoms with Crippen LogP contribution in [0, 0.1) is 0 Å². The van der Waals surface area contributed by atoms with Crippen LogP contribution in [0.3, 0.4) is 0 Å². The van der Waals surface area contributed by atoms with E-state index < -0.39 is 5.97 Å². The minimum Gasteiger partial charge on any atom is -0.478 e. The number of aromatic carboxylic acids is 1. The normalized spacial score (nSPS) is 10.4. The maximum atomic E-state index is 11.8. The second kappa shape index (κ2) is 5.71. The highest BCUT2D eigenvalue weighted by molar-refractivity contribution is 7.99. The standard InChI is InChI=1S/C13H12N2O3S/c1-2-19-11-7-8-12(16)15(14-11)10-5-3-9(4-6-10)13(17)18/h3-8H,2H2,1H3,(H,17,18). The zero-order chi connectivity index (χ0) is 13.8. The minimum absolute atomic E-state index is 0.177. The van der Waals surface area contributed by atoms with E-state index in [1.165, 1.54) is 34.6 Å². The number of carbonyl (C=O) groups is 1. The second-order valence-electron chi connectivity index (χ2n) is 3.71. The summed E-state index contributed by atoms with van der Waals surface area (Å²) in [5, 5.41) is 13.8. The third-order valence-corrected chi connectivity index (χ3v) is 3.23. The largest absolute Gasteiger partial charge is 0.478 e. The van der Waals surface area contributed by atoms with Gasteiger partial charge < -0.3 is 5.11 Å². The Kier molecular flexibility index (Phi) is 4.01. The van der Waals surface area contributed by atoms with Crippen molar-refractivity contribution in [1.29, 1.82) is 0 Å². The molecule has 2 rings (SSSR count). The average Bonchev–Trinajstić information content (AvgIpc) is 2.41. The van der Waals surface area contributed by atoms with E-state index in [0.29, 0.717) is 5.69 Å². The van der Waals surface area contributed by atoms with Crippen LogP contribution in [-0.4, -0.2) is 26.6 Å². The first-order valence-corrected chi connectivity index (χ1v) is 6.67. The third kappa shape index (κ3) is 3.03. The van der Waals surface area contributed by atoms with Crippen molar-refractivity contribution < 1.29 is 9.90 Å². The lowest BCUT2D eigenvalue weighted by Gasteiger charge is -2.06. The lowest BCUT2D eigenvalue weighted by molar-refractivity contribution is 0.0697. The molecule has 0 radical (unpaired) electrons. The van der Waals surface area contributed by atoms with Crippen LogP contribution in [0.1, 0.15) is 17.3 Å². The number of rotatable bonds is 4. The summed E-state index contributed by atoms with van der Waals surface area (Å²) in [5.41, 5.74) is 0.480. The number of benzene rings is 1. The summed E-state index contributed by atoms with van der Waals surface area (Å²) in [6.07, 6.45) is 0. The minimum atomic E-state index is -0.998. The summed E-state index contributed by atoms with van der Waals surface area (Å²) in [6, 6.07) is 9.17. The molecule has 0 fully saturated rings. The summed E-state index contributed by atoms with van der Waals surface area (Å²) in [7, 11) is 0. The van der Waals surface area contributed by atoms with Gasteiger partial charge in [0.2, 0.25) is 0 Å². The fourth-order valence-corrected chi connectivity index (χ4v) is 2.15. The van der Waals surface area contributed by atoms with Crippen LogP contribution in [0.25, 0.3) is 5.69 Å². The van der Waals surface area contributed by atoms with Crippen LogP contribution in [0.2, 0.25) is 0 Å². The monoisotopic (exact) mass is 276 g/mol. The number of nitrogens with zero attached hydrogens (tertiary/aromatic N) is 2. The Labute approximate surface area is 113 Å². The molecule has 2 aromatic rings. The van der Waals surface area contributed by atoms with Crippen LogP contribution in [0.4, 0.5) is 0 Å². The van der Waals surface area contributed by atoms with Gasteiger partial charge in [0.15, 0.2) is 0 Å². The lowest BCUT2D eigenvalue weighted by Crippen LogP contribution is -2.20. The molecule has 6 heteroatoms. The van der Waals surface area contributed by atoms with E-state index in [2.05, 4.69) is 5.10 Å². The van der Waals surface area contributed by atoms with E-state index in [-0.39, 0.29) is 11.1 Å². The Morgan fingerprint density at radius 2 is 1.95 bits per heavy atom. The van der Waals surface area contributed by atoms with E-state index in [0.717, 1.165) is 10.8 Å². The highest BCUT2D eigenvalue weighted by atomic mass is 32.2. The van der Waals surface area contributed by atoms with Crippen molar-refractivity contribution in [3.8, 4) is 5.69 Å². The molecule has 1 heterocycles. The number of carboxylic acids is 1. The molecule has 98 valence electrons. The molecule has 0 unspecified atom stereocenters. The first-order chi connectivity index (χ1) is 9.11.